The third kappa shape index (κ3) is 3.42. The summed E-state index contributed by atoms with van der Waals surface area (Å²) in [5, 5.41) is 4.12. The first-order valence-electron chi connectivity index (χ1n) is 7.79. The Hall–Kier alpha value is -2.01. The second kappa shape index (κ2) is 6.40. The van der Waals surface area contributed by atoms with Crippen molar-refractivity contribution in [3.63, 3.8) is 0 Å². The summed E-state index contributed by atoms with van der Waals surface area (Å²) in [5.41, 5.74) is 3.78. The number of hydrogen-bond donors (Lipinski definition) is 2. The Morgan fingerprint density at radius 3 is 2.95 bits per heavy atom. The van der Waals surface area contributed by atoms with Crippen LogP contribution < -0.4 is 5.32 Å². The molecule has 0 aliphatic carbocycles. The van der Waals surface area contributed by atoms with E-state index >= 15 is 0 Å². The topological polar surface area (TPSA) is 57.4 Å². The van der Waals surface area contributed by atoms with E-state index in [0.717, 1.165) is 25.8 Å². The molecule has 1 atom stereocenters. The Morgan fingerprint density at radius 1 is 1.36 bits per heavy atom. The smallest absolute Gasteiger partial charge is 0.407 e. The van der Waals surface area contributed by atoms with E-state index in [4.69, 9.17) is 4.74 Å². The van der Waals surface area contributed by atoms with Crippen LogP contribution in [0, 0.1) is 0 Å². The summed E-state index contributed by atoms with van der Waals surface area (Å²) in [6.45, 7) is 1.55. The number of hydrogen-bond acceptors (Lipinski definition) is 3. The van der Waals surface area contributed by atoms with E-state index in [-0.39, 0.29) is 12.1 Å². The van der Waals surface area contributed by atoms with Crippen LogP contribution in [0.1, 0.15) is 17.5 Å². The van der Waals surface area contributed by atoms with Crippen LogP contribution >= 0.6 is 0 Å². The summed E-state index contributed by atoms with van der Waals surface area (Å²) >= 11 is 0. The molecule has 0 saturated carbocycles. The molecule has 1 unspecified atom stereocenters. The van der Waals surface area contributed by atoms with Crippen molar-refractivity contribution in [1.82, 2.24) is 15.2 Å². The number of H-pyrrole nitrogens is 1. The zero-order chi connectivity index (χ0) is 15.5. The molecule has 1 aliphatic rings. The highest BCUT2D eigenvalue weighted by Crippen LogP contribution is 2.22. The molecule has 5 heteroatoms. The van der Waals surface area contributed by atoms with Crippen molar-refractivity contribution < 1.29 is 9.53 Å². The molecule has 1 aliphatic heterocycles. The first kappa shape index (κ1) is 14.9. The third-order valence-electron chi connectivity index (χ3n) is 4.10. The van der Waals surface area contributed by atoms with Crippen molar-refractivity contribution in [2.75, 3.05) is 27.2 Å². The van der Waals surface area contributed by atoms with E-state index in [2.05, 4.69) is 53.7 Å². The first-order valence-corrected chi connectivity index (χ1v) is 7.79. The molecular formula is C17H23N3O2. The zero-order valence-electron chi connectivity index (χ0n) is 13.2. The maximum Gasteiger partial charge on any atom is 0.407 e. The fourth-order valence-corrected chi connectivity index (χ4v) is 2.97. The number of cyclic esters (lactones) is 1. The number of aromatic nitrogens is 1. The largest absolute Gasteiger partial charge is 0.447 e. The number of amides is 1. The summed E-state index contributed by atoms with van der Waals surface area (Å²) in [6.07, 6.45) is 4.84. The number of fused-ring (bicyclic) bond motifs is 1. The number of benzene rings is 1. The zero-order valence-corrected chi connectivity index (χ0v) is 13.2. The molecule has 2 heterocycles. The predicted molar refractivity (Wildman–Crippen MR) is 87.1 cm³/mol. The van der Waals surface area contributed by atoms with Crippen LogP contribution in [0.15, 0.2) is 24.4 Å². The Balaban J connectivity index is 1.71. The SMILES string of the molecule is CN(C)CCCc1c[nH]c2ccc(CC3COC(=O)N3)cc12. The summed E-state index contributed by atoms with van der Waals surface area (Å²) in [7, 11) is 4.20. The van der Waals surface area contributed by atoms with E-state index in [0.29, 0.717) is 6.61 Å². The maximum absolute atomic E-state index is 11.1. The second-order valence-corrected chi connectivity index (χ2v) is 6.24. The van der Waals surface area contributed by atoms with Gasteiger partial charge in [0.1, 0.15) is 6.61 Å². The summed E-state index contributed by atoms with van der Waals surface area (Å²) < 4.78 is 4.95. The van der Waals surface area contributed by atoms with E-state index < -0.39 is 0 Å². The molecule has 2 aromatic rings. The van der Waals surface area contributed by atoms with Crippen LogP contribution in [0.3, 0.4) is 0 Å². The average Bonchev–Trinajstić information content (AvgIpc) is 3.05. The predicted octanol–water partition coefficient (Wildman–Crippen LogP) is 2.31. The number of ether oxygens (including phenoxy) is 1. The maximum atomic E-state index is 11.1. The molecule has 1 aromatic carbocycles. The van der Waals surface area contributed by atoms with Crippen LogP contribution in [0.25, 0.3) is 10.9 Å². The quantitative estimate of drug-likeness (QED) is 0.861. The van der Waals surface area contributed by atoms with E-state index in [1.54, 1.807) is 0 Å². The van der Waals surface area contributed by atoms with Gasteiger partial charge in [-0.25, -0.2) is 4.79 Å². The Bertz CT molecular complexity index is 663. The van der Waals surface area contributed by atoms with Gasteiger partial charge in [0.05, 0.1) is 6.04 Å². The van der Waals surface area contributed by atoms with Crippen molar-refractivity contribution in [3.8, 4) is 0 Å². The molecule has 118 valence electrons. The van der Waals surface area contributed by atoms with Crippen LogP contribution in [0.4, 0.5) is 4.79 Å². The molecule has 0 radical (unpaired) electrons. The molecule has 1 fully saturated rings. The highest BCUT2D eigenvalue weighted by molar-refractivity contribution is 5.84. The molecule has 1 aromatic heterocycles. The molecule has 1 saturated heterocycles. The normalized spacial score (nSPS) is 18.0. The standard InChI is InChI=1S/C17H23N3O2/c1-20(2)7-3-4-13-10-18-16-6-5-12(9-15(13)16)8-14-11-22-17(21)19-14/h5-6,9-10,14,18H,3-4,7-8,11H2,1-2H3,(H,19,21). The third-order valence-corrected chi connectivity index (χ3v) is 4.10. The summed E-state index contributed by atoms with van der Waals surface area (Å²) in [4.78, 5) is 16.7. The van der Waals surface area contributed by atoms with E-state index in [1.807, 2.05) is 0 Å². The highest BCUT2D eigenvalue weighted by atomic mass is 16.6. The van der Waals surface area contributed by atoms with Gasteiger partial charge in [0, 0.05) is 17.1 Å². The Morgan fingerprint density at radius 2 is 2.23 bits per heavy atom. The van der Waals surface area contributed by atoms with Gasteiger partial charge in [0.15, 0.2) is 0 Å². The van der Waals surface area contributed by atoms with Crippen molar-refractivity contribution in [3.05, 3.63) is 35.5 Å². The van der Waals surface area contributed by atoms with Crippen LogP contribution in [-0.2, 0) is 17.6 Å². The molecule has 5 nitrogen and oxygen atoms in total. The minimum absolute atomic E-state index is 0.0843. The van der Waals surface area contributed by atoms with Crippen molar-refractivity contribution >= 4 is 17.0 Å². The minimum Gasteiger partial charge on any atom is -0.447 e. The van der Waals surface area contributed by atoms with Crippen molar-refractivity contribution in [2.24, 2.45) is 0 Å². The van der Waals surface area contributed by atoms with Gasteiger partial charge in [-0.3, -0.25) is 0 Å². The van der Waals surface area contributed by atoms with E-state index in [9.17, 15) is 4.79 Å². The lowest BCUT2D eigenvalue weighted by Gasteiger charge is -2.09. The number of carbonyl (C=O) groups excluding carboxylic acids is 1. The lowest BCUT2D eigenvalue weighted by molar-refractivity contribution is 0.177. The number of aryl methyl sites for hydroxylation is 1. The second-order valence-electron chi connectivity index (χ2n) is 6.24. The molecule has 22 heavy (non-hydrogen) atoms. The molecule has 2 N–H and O–H groups in total. The fourth-order valence-electron chi connectivity index (χ4n) is 2.97. The number of nitrogens with zero attached hydrogens (tertiary/aromatic N) is 1. The minimum atomic E-state index is -0.308. The number of carbonyl (C=O) groups is 1. The lowest BCUT2D eigenvalue weighted by atomic mass is 10.0. The van der Waals surface area contributed by atoms with Gasteiger partial charge in [0.2, 0.25) is 0 Å². The first-order chi connectivity index (χ1) is 10.6. The molecule has 1 amide bonds. The van der Waals surface area contributed by atoms with Gasteiger partial charge in [-0.05, 0) is 63.2 Å². The van der Waals surface area contributed by atoms with Crippen molar-refractivity contribution in [2.45, 2.75) is 25.3 Å². The lowest BCUT2D eigenvalue weighted by Crippen LogP contribution is -2.28. The summed E-state index contributed by atoms with van der Waals surface area (Å²) in [5.74, 6) is 0. The van der Waals surface area contributed by atoms with Crippen molar-refractivity contribution in [1.29, 1.82) is 0 Å². The molecule has 0 spiro atoms. The number of nitrogens with one attached hydrogen (secondary N) is 2. The van der Waals surface area contributed by atoms with Crippen LogP contribution in [0.2, 0.25) is 0 Å². The molecule has 0 bridgehead atoms. The fraction of sp³-hybridized carbons (Fsp3) is 0.471. The molecule has 3 rings (SSSR count). The van der Waals surface area contributed by atoms with Gasteiger partial charge in [-0.15, -0.1) is 0 Å². The monoisotopic (exact) mass is 301 g/mol. The van der Waals surface area contributed by atoms with Gasteiger partial charge >= 0.3 is 6.09 Å². The average molecular weight is 301 g/mol. The van der Waals surface area contributed by atoms with Crippen LogP contribution in [-0.4, -0.2) is 49.3 Å². The number of aromatic amines is 1. The van der Waals surface area contributed by atoms with Gasteiger partial charge < -0.3 is 19.9 Å². The van der Waals surface area contributed by atoms with Crippen LogP contribution in [0.5, 0.6) is 0 Å². The van der Waals surface area contributed by atoms with Gasteiger partial charge in [-0.1, -0.05) is 6.07 Å². The van der Waals surface area contributed by atoms with Gasteiger partial charge in [0.25, 0.3) is 0 Å². The number of alkyl carbamates (subject to hydrolysis) is 1. The summed E-state index contributed by atoms with van der Waals surface area (Å²) in [6, 6.07) is 6.56. The number of rotatable bonds is 6. The Labute approximate surface area is 130 Å². The van der Waals surface area contributed by atoms with E-state index in [1.165, 1.54) is 22.0 Å². The van der Waals surface area contributed by atoms with Gasteiger partial charge in [-0.2, -0.15) is 0 Å². The molecular weight excluding hydrogens is 278 g/mol. The highest BCUT2D eigenvalue weighted by Gasteiger charge is 2.22. The Kier molecular flexibility index (Phi) is 4.34.